The number of likely N-dealkylation sites (tertiary alicyclic amines) is 1. The maximum atomic E-state index is 12.6. The molecule has 1 aromatic heterocycles. The van der Waals surface area contributed by atoms with Crippen molar-refractivity contribution >= 4 is 5.91 Å². The van der Waals surface area contributed by atoms with Crippen molar-refractivity contribution in [2.75, 3.05) is 13.1 Å². The minimum absolute atomic E-state index is 0.00805. The van der Waals surface area contributed by atoms with Crippen molar-refractivity contribution in [3.05, 3.63) is 17.5 Å². The Morgan fingerprint density at radius 2 is 2.00 bits per heavy atom. The average Bonchev–Trinajstić information content (AvgIpc) is 3.18. The minimum atomic E-state index is -0.00805. The van der Waals surface area contributed by atoms with Gasteiger partial charge < -0.3 is 14.2 Å². The summed E-state index contributed by atoms with van der Waals surface area (Å²) in [6.45, 7) is 5.89. The van der Waals surface area contributed by atoms with Crippen LogP contribution in [0.25, 0.3) is 0 Å². The van der Waals surface area contributed by atoms with E-state index in [2.05, 4.69) is 19.0 Å². The van der Waals surface area contributed by atoms with Gasteiger partial charge in [-0.15, -0.1) is 0 Å². The monoisotopic (exact) mass is 290 g/mol. The van der Waals surface area contributed by atoms with Gasteiger partial charge in [-0.25, -0.2) is 0 Å². The van der Waals surface area contributed by atoms with Crippen LogP contribution < -0.4 is 0 Å². The zero-order chi connectivity index (χ0) is 14.6. The molecule has 21 heavy (non-hydrogen) atoms. The van der Waals surface area contributed by atoms with Crippen molar-refractivity contribution in [3.8, 4) is 0 Å². The van der Waals surface area contributed by atoms with E-state index in [9.17, 15) is 4.79 Å². The Kier molecular flexibility index (Phi) is 3.06. The van der Waals surface area contributed by atoms with E-state index in [4.69, 9.17) is 9.26 Å². The van der Waals surface area contributed by atoms with Gasteiger partial charge in [0.15, 0.2) is 0 Å². The maximum absolute atomic E-state index is 12.6. The molecule has 0 spiro atoms. The summed E-state index contributed by atoms with van der Waals surface area (Å²) in [5.74, 6) is 1.96. The molecule has 0 unspecified atom stereocenters. The molecule has 0 aliphatic carbocycles. The average molecular weight is 290 g/mol. The van der Waals surface area contributed by atoms with Crippen LogP contribution in [-0.4, -0.2) is 41.3 Å². The molecule has 4 atom stereocenters. The van der Waals surface area contributed by atoms with E-state index in [0.29, 0.717) is 35.7 Å². The van der Waals surface area contributed by atoms with Crippen LogP contribution in [0, 0.1) is 17.8 Å². The molecule has 4 rings (SSSR count). The van der Waals surface area contributed by atoms with E-state index < -0.39 is 0 Å². The summed E-state index contributed by atoms with van der Waals surface area (Å²) in [6.07, 6.45) is 3.93. The van der Waals surface area contributed by atoms with Crippen molar-refractivity contribution < 1.29 is 14.1 Å². The number of nitrogens with zero attached hydrogens (tertiary/aromatic N) is 2. The van der Waals surface area contributed by atoms with Crippen LogP contribution in [0.3, 0.4) is 0 Å². The zero-order valence-electron chi connectivity index (χ0n) is 12.6. The van der Waals surface area contributed by atoms with Gasteiger partial charge in [0.05, 0.1) is 17.9 Å². The number of rotatable bonds is 3. The van der Waals surface area contributed by atoms with Crippen LogP contribution >= 0.6 is 0 Å². The fraction of sp³-hybridized carbons (Fsp3) is 0.750. The number of aromatic nitrogens is 1. The van der Waals surface area contributed by atoms with Gasteiger partial charge >= 0.3 is 0 Å². The summed E-state index contributed by atoms with van der Waals surface area (Å²) in [5.41, 5.74) is 0.871. The zero-order valence-corrected chi connectivity index (χ0v) is 12.6. The second-order valence-corrected chi connectivity index (χ2v) is 7.11. The Balaban J connectivity index is 1.45. The van der Waals surface area contributed by atoms with Gasteiger partial charge in [0.1, 0.15) is 0 Å². The Bertz CT molecular complexity index is 535. The van der Waals surface area contributed by atoms with Gasteiger partial charge in [-0.05, 0) is 25.2 Å². The molecule has 114 valence electrons. The van der Waals surface area contributed by atoms with E-state index in [1.54, 1.807) is 0 Å². The molecule has 4 heterocycles. The standard InChI is InChI=1S/C16H22N2O3/c1-9(2)5-10-6-15(21-17-10)16(19)18-7-11-12(8-18)14-4-3-13(11)20-14/h6,9,11-14H,3-5,7-8H2,1-2H3/t11-,12+,13+,14-. The molecule has 3 aliphatic rings. The first-order chi connectivity index (χ1) is 10.1. The lowest BCUT2D eigenvalue weighted by molar-refractivity contribution is 0.0570. The van der Waals surface area contributed by atoms with Crippen molar-refractivity contribution in [3.63, 3.8) is 0 Å². The second kappa shape index (κ2) is 4.83. The SMILES string of the molecule is CC(C)Cc1cc(C(=O)N2C[C@@H]3[C@H](C2)[C@H]2CC[C@@H]3O2)on1. The molecule has 0 saturated carbocycles. The van der Waals surface area contributed by atoms with Gasteiger partial charge in [-0.2, -0.15) is 0 Å². The lowest BCUT2D eigenvalue weighted by atomic mass is 9.82. The van der Waals surface area contributed by atoms with E-state index >= 15 is 0 Å². The van der Waals surface area contributed by atoms with Gasteiger partial charge in [0.2, 0.25) is 5.76 Å². The van der Waals surface area contributed by atoms with E-state index in [0.717, 1.165) is 38.0 Å². The molecule has 1 amide bonds. The topological polar surface area (TPSA) is 55.6 Å². The third-order valence-electron chi connectivity index (χ3n) is 5.13. The second-order valence-electron chi connectivity index (χ2n) is 7.11. The molecule has 3 saturated heterocycles. The van der Waals surface area contributed by atoms with Crippen molar-refractivity contribution in [2.24, 2.45) is 17.8 Å². The van der Waals surface area contributed by atoms with Crippen LogP contribution in [0.5, 0.6) is 0 Å². The number of fused-ring (bicyclic) bond motifs is 5. The van der Waals surface area contributed by atoms with Crippen LogP contribution in [-0.2, 0) is 11.2 Å². The molecule has 5 nitrogen and oxygen atoms in total. The lowest BCUT2D eigenvalue weighted by Crippen LogP contribution is -2.31. The molecule has 2 bridgehead atoms. The minimum Gasteiger partial charge on any atom is -0.374 e. The number of ether oxygens (including phenoxy) is 1. The third kappa shape index (κ3) is 2.18. The fourth-order valence-corrected chi connectivity index (χ4v) is 4.21. The van der Waals surface area contributed by atoms with Crippen LogP contribution in [0.1, 0.15) is 42.9 Å². The first-order valence-corrected chi connectivity index (χ1v) is 8.02. The van der Waals surface area contributed by atoms with Gasteiger partial charge in [0.25, 0.3) is 5.91 Å². The Labute approximate surface area is 124 Å². The van der Waals surface area contributed by atoms with E-state index in [1.165, 1.54) is 0 Å². The van der Waals surface area contributed by atoms with E-state index in [-0.39, 0.29) is 5.91 Å². The molecule has 1 aromatic rings. The summed E-state index contributed by atoms with van der Waals surface area (Å²) in [4.78, 5) is 14.5. The Morgan fingerprint density at radius 3 is 2.62 bits per heavy atom. The first kappa shape index (κ1) is 13.3. The van der Waals surface area contributed by atoms with Crippen LogP contribution in [0.15, 0.2) is 10.6 Å². The summed E-state index contributed by atoms with van der Waals surface area (Å²) in [7, 11) is 0. The predicted octanol–water partition coefficient (Wildman–Crippen LogP) is 2.12. The fourth-order valence-electron chi connectivity index (χ4n) is 4.21. The maximum Gasteiger partial charge on any atom is 0.292 e. The van der Waals surface area contributed by atoms with E-state index in [1.807, 2.05) is 11.0 Å². The number of hydrogen-bond acceptors (Lipinski definition) is 4. The van der Waals surface area contributed by atoms with Gasteiger partial charge in [0, 0.05) is 31.0 Å². The summed E-state index contributed by atoms with van der Waals surface area (Å²) in [5, 5.41) is 4.02. The summed E-state index contributed by atoms with van der Waals surface area (Å²) >= 11 is 0. The molecule has 5 heteroatoms. The highest BCUT2D eigenvalue weighted by molar-refractivity contribution is 5.91. The summed E-state index contributed by atoms with van der Waals surface area (Å²) in [6, 6.07) is 1.81. The molecular weight excluding hydrogens is 268 g/mol. The highest BCUT2D eigenvalue weighted by atomic mass is 16.5. The van der Waals surface area contributed by atoms with Crippen molar-refractivity contribution in [1.82, 2.24) is 10.1 Å². The largest absolute Gasteiger partial charge is 0.374 e. The Hall–Kier alpha value is -1.36. The normalized spacial score (nSPS) is 34.0. The molecule has 3 aliphatic heterocycles. The van der Waals surface area contributed by atoms with Crippen LogP contribution in [0.2, 0.25) is 0 Å². The van der Waals surface area contributed by atoms with Crippen molar-refractivity contribution in [2.45, 2.75) is 45.3 Å². The molecule has 0 aromatic carbocycles. The quantitative estimate of drug-likeness (QED) is 0.855. The number of carbonyl (C=O) groups excluding carboxylic acids is 1. The number of carbonyl (C=O) groups is 1. The lowest BCUT2D eigenvalue weighted by Gasteiger charge is -2.17. The number of amides is 1. The van der Waals surface area contributed by atoms with Gasteiger partial charge in [-0.1, -0.05) is 19.0 Å². The highest BCUT2D eigenvalue weighted by Crippen LogP contribution is 2.47. The van der Waals surface area contributed by atoms with Crippen molar-refractivity contribution in [1.29, 1.82) is 0 Å². The molecule has 3 fully saturated rings. The Morgan fingerprint density at radius 1 is 1.33 bits per heavy atom. The smallest absolute Gasteiger partial charge is 0.292 e. The number of hydrogen-bond donors (Lipinski definition) is 0. The first-order valence-electron chi connectivity index (χ1n) is 8.02. The van der Waals surface area contributed by atoms with Gasteiger partial charge in [-0.3, -0.25) is 4.79 Å². The molecule has 0 N–H and O–H groups in total. The molecular formula is C16H22N2O3. The molecule has 0 radical (unpaired) electrons. The highest BCUT2D eigenvalue weighted by Gasteiger charge is 2.54. The third-order valence-corrected chi connectivity index (χ3v) is 5.13. The van der Waals surface area contributed by atoms with Crippen LogP contribution in [0.4, 0.5) is 0 Å². The summed E-state index contributed by atoms with van der Waals surface area (Å²) < 4.78 is 11.2. The predicted molar refractivity (Wildman–Crippen MR) is 75.8 cm³/mol.